The molecule has 0 spiro atoms. The number of hydrogen-bond acceptors (Lipinski definition) is 3. The van der Waals surface area contributed by atoms with E-state index in [-0.39, 0.29) is 11.3 Å². The van der Waals surface area contributed by atoms with E-state index in [0.29, 0.717) is 5.56 Å². The Balaban J connectivity index is 2.43. The molecule has 1 saturated heterocycles. The van der Waals surface area contributed by atoms with Crippen LogP contribution in [0.25, 0.3) is 0 Å². The van der Waals surface area contributed by atoms with Crippen molar-refractivity contribution in [3.8, 4) is 0 Å². The predicted molar refractivity (Wildman–Crippen MR) is 77.8 cm³/mol. The average molecular weight is 291 g/mol. The van der Waals surface area contributed by atoms with Crippen LogP contribution in [0.15, 0.2) is 30.3 Å². The second kappa shape index (κ2) is 5.48. The maximum absolute atomic E-state index is 12.7. The Morgan fingerprint density at radius 2 is 1.76 bits per heavy atom. The molecule has 2 rings (SSSR count). The Kier molecular flexibility index (Phi) is 4.05. The predicted octanol–water partition coefficient (Wildman–Crippen LogP) is 2.37. The van der Waals surface area contributed by atoms with Gasteiger partial charge in [-0.15, -0.1) is 0 Å². The molecular weight excluding hydrogens is 270 g/mol. The number of aliphatic carboxylic acids is 1. The summed E-state index contributed by atoms with van der Waals surface area (Å²) in [7, 11) is 0. The molecule has 1 aromatic rings. The van der Waals surface area contributed by atoms with Crippen LogP contribution in [-0.2, 0) is 9.53 Å². The number of ether oxygens (including phenoxy) is 1. The first-order valence-corrected chi connectivity index (χ1v) is 6.99. The van der Waals surface area contributed by atoms with Gasteiger partial charge < -0.3 is 9.84 Å². The molecule has 0 bridgehead atoms. The smallest absolute Gasteiger partial charge is 0.329 e. The molecule has 3 unspecified atom stereocenters. The third kappa shape index (κ3) is 2.93. The van der Waals surface area contributed by atoms with Crippen molar-refractivity contribution >= 4 is 11.9 Å². The number of carboxylic acids is 1. The first-order valence-electron chi connectivity index (χ1n) is 6.99. The first-order chi connectivity index (χ1) is 9.73. The van der Waals surface area contributed by atoms with Crippen molar-refractivity contribution in [2.75, 3.05) is 0 Å². The minimum atomic E-state index is -1.04. The van der Waals surface area contributed by atoms with E-state index in [1.54, 1.807) is 31.2 Å². The summed E-state index contributed by atoms with van der Waals surface area (Å²) in [6.07, 6.45) is -1.11. The topological polar surface area (TPSA) is 66.8 Å². The molecule has 1 fully saturated rings. The van der Waals surface area contributed by atoms with Gasteiger partial charge in [0.25, 0.3) is 5.91 Å². The molecule has 21 heavy (non-hydrogen) atoms. The van der Waals surface area contributed by atoms with Crippen molar-refractivity contribution in [1.29, 1.82) is 0 Å². The van der Waals surface area contributed by atoms with Gasteiger partial charge in [-0.05, 0) is 19.1 Å². The van der Waals surface area contributed by atoms with E-state index in [9.17, 15) is 14.7 Å². The highest BCUT2D eigenvalue weighted by molar-refractivity contribution is 5.97. The summed E-state index contributed by atoms with van der Waals surface area (Å²) in [6.45, 7) is 7.48. The maximum Gasteiger partial charge on any atom is 0.329 e. The Hall–Kier alpha value is -1.88. The summed E-state index contributed by atoms with van der Waals surface area (Å²) in [5.41, 5.74) is 0.0961. The summed E-state index contributed by atoms with van der Waals surface area (Å²) in [6, 6.07) is 7.73. The zero-order chi connectivity index (χ0) is 15.8. The van der Waals surface area contributed by atoms with Crippen LogP contribution in [0.5, 0.6) is 0 Å². The van der Waals surface area contributed by atoms with Crippen molar-refractivity contribution in [2.24, 2.45) is 5.41 Å². The van der Waals surface area contributed by atoms with Crippen LogP contribution in [-0.4, -0.2) is 40.3 Å². The zero-order valence-electron chi connectivity index (χ0n) is 12.7. The summed E-state index contributed by atoms with van der Waals surface area (Å²) >= 11 is 0. The first kappa shape index (κ1) is 15.5. The van der Waals surface area contributed by atoms with E-state index in [1.807, 2.05) is 26.8 Å². The quantitative estimate of drug-likeness (QED) is 0.908. The third-order valence-corrected chi connectivity index (χ3v) is 3.59. The molecule has 5 nitrogen and oxygen atoms in total. The minimum Gasteiger partial charge on any atom is -0.480 e. The molecular formula is C16H21NO4. The third-order valence-electron chi connectivity index (χ3n) is 3.59. The Morgan fingerprint density at radius 1 is 1.19 bits per heavy atom. The molecule has 1 N–H and O–H groups in total. The van der Waals surface area contributed by atoms with Gasteiger partial charge in [0.05, 0.1) is 6.10 Å². The van der Waals surface area contributed by atoms with Crippen LogP contribution in [0.4, 0.5) is 0 Å². The molecule has 0 aliphatic carbocycles. The lowest BCUT2D eigenvalue weighted by atomic mass is 9.92. The van der Waals surface area contributed by atoms with Crippen molar-refractivity contribution in [3.63, 3.8) is 0 Å². The highest BCUT2D eigenvalue weighted by Crippen LogP contribution is 2.36. The number of hydrogen-bond donors (Lipinski definition) is 1. The van der Waals surface area contributed by atoms with Gasteiger partial charge in [0.2, 0.25) is 0 Å². The van der Waals surface area contributed by atoms with E-state index < -0.39 is 24.3 Å². The molecule has 0 saturated carbocycles. The van der Waals surface area contributed by atoms with Gasteiger partial charge in [-0.3, -0.25) is 9.69 Å². The normalized spacial score (nSPS) is 25.9. The number of rotatable bonds is 2. The van der Waals surface area contributed by atoms with Gasteiger partial charge in [-0.25, -0.2) is 4.79 Å². The number of carbonyl (C=O) groups excluding carboxylic acids is 1. The minimum absolute atomic E-state index is 0.313. The second-order valence-corrected chi connectivity index (χ2v) is 6.42. The fourth-order valence-electron chi connectivity index (χ4n) is 2.62. The zero-order valence-corrected chi connectivity index (χ0v) is 12.7. The van der Waals surface area contributed by atoms with Crippen LogP contribution in [0, 0.1) is 5.41 Å². The molecule has 1 aliphatic heterocycles. The Labute approximate surface area is 124 Å². The highest BCUT2D eigenvalue weighted by atomic mass is 16.5. The number of amides is 1. The van der Waals surface area contributed by atoms with Gasteiger partial charge in [-0.2, -0.15) is 0 Å². The Morgan fingerprint density at radius 3 is 2.24 bits per heavy atom. The molecule has 3 atom stereocenters. The summed E-state index contributed by atoms with van der Waals surface area (Å²) in [5, 5.41) is 9.46. The fraction of sp³-hybridized carbons (Fsp3) is 0.500. The van der Waals surface area contributed by atoms with Crippen molar-refractivity contribution < 1.29 is 19.4 Å². The summed E-state index contributed by atoms with van der Waals surface area (Å²) in [5.74, 6) is -1.36. The molecule has 0 aromatic heterocycles. The lowest BCUT2D eigenvalue weighted by Gasteiger charge is -2.34. The number of benzene rings is 1. The molecule has 114 valence electrons. The molecule has 1 aliphatic rings. The standard InChI is InChI=1S/C16H21NO4/c1-10-12(14(19)20)17(15(21-10)16(2,3)4)13(18)11-8-6-5-7-9-11/h5-10,12,15H,1-4H3,(H,19,20). The van der Waals surface area contributed by atoms with Gasteiger partial charge in [0, 0.05) is 11.0 Å². The molecule has 1 heterocycles. The summed E-state index contributed by atoms with van der Waals surface area (Å²) < 4.78 is 5.78. The lowest BCUT2D eigenvalue weighted by molar-refractivity contribution is -0.142. The van der Waals surface area contributed by atoms with Crippen LogP contribution in [0.1, 0.15) is 38.1 Å². The van der Waals surface area contributed by atoms with Gasteiger partial charge in [0.15, 0.2) is 6.04 Å². The van der Waals surface area contributed by atoms with Crippen LogP contribution in [0.3, 0.4) is 0 Å². The SMILES string of the molecule is CC1OC(C(C)(C)C)N(C(=O)c2ccccc2)C1C(=O)O. The molecule has 0 radical (unpaired) electrons. The van der Waals surface area contributed by atoms with E-state index in [0.717, 1.165) is 0 Å². The van der Waals surface area contributed by atoms with Crippen LogP contribution < -0.4 is 0 Å². The van der Waals surface area contributed by atoms with E-state index in [4.69, 9.17) is 4.74 Å². The lowest BCUT2D eigenvalue weighted by Crippen LogP contribution is -2.50. The molecule has 1 aromatic carbocycles. The Bertz CT molecular complexity index is 535. The van der Waals surface area contributed by atoms with E-state index >= 15 is 0 Å². The fourth-order valence-corrected chi connectivity index (χ4v) is 2.62. The largest absolute Gasteiger partial charge is 0.480 e. The van der Waals surface area contributed by atoms with Crippen molar-refractivity contribution in [1.82, 2.24) is 4.90 Å². The molecule has 5 heteroatoms. The number of nitrogens with zero attached hydrogens (tertiary/aromatic N) is 1. The highest BCUT2D eigenvalue weighted by Gasteiger charge is 2.51. The van der Waals surface area contributed by atoms with Gasteiger partial charge in [-0.1, -0.05) is 39.0 Å². The summed E-state index contributed by atoms with van der Waals surface area (Å²) in [4.78, 5) is 25.7. The van der Waals surface area contributed by atoms with Crippen LogP contribution >= 0.6 is 0 Å². The maximum atomic E-state index is 12.7. The second-order valence-electron chi connectivity index (χ2n) is 6.42. The average Bonchev–Trinajstić information content (AvgIpc) is 2.76. The monoisotopic (exact) mass is 291 g/mol. The molecule has 1 amide bonds. The van der Waals surface area contributed by atoms with Crippen LogP contribution in [0.2, 0.25) is 0 Å². The number of carbonyl (C=O) groups is 2. The van der Waals surface area contributed by atoms with E-state index in [1.165, 1.54) is 4.90 Å². The van der Waals surface area contributed by atoms with E-state index in [2.05, 4.69) is 0 Å². The van der Waals surface area contributed by atoms with Gasteiger partial charge >= 0.3 is 5.97 Å². The van der Waals surface area contributed by atoms with Crippen molar-refractivity contribution in [2.45, 2.75) is 46.1 Å². The van der Waals surface area contributed by atoms with Crippen molar-refractivity contribution in [3.05, 3.63) is 35.9 Å². The van der Waals surface area contributed by atoms with Gasteiger partial charge in [0.1, 0.15) is 6.23 Å². The number of carboxylic acid groups (broad SMARTS) is 1.